The van der Waals surface area contributed by atoms with Crippen molar-refractivity contribution >= 4 is 5.97 Å². The van der Waals surface area contributed by atoms with Gasteiger partial charge in [-0.1, -0.05) is 19.8 Å². The molecule has 0 aromatic rings. The number of carbonyl (C=O) groups is 1. The van der Waals surface area contributed by atoms with Crippen LogP contribution in [0.1, 0.15) is 52.4 Å². The zero-order valence-electron chi connectivity index (χ0n) is 9.87. The lowest BCUT2D eigenvalue weighted by molar-refractivity contribution is -0.154. The minimum Gasteiger partial charge on any atom is -0.462 e. The molecule has 88 valence electrons. The third-order valence-electron chi connectivity index (χ3n) is 3.25. The maximum atomic E-state index is 11.7. The second kappa shape index (κ2) is 6.11. The Kier molecular flexibility index (Phi) is 5.09. The van der Waals surface area contributed by atoms with Crippen molar-refractivity contribution in [1.82, 2.24) is 0 Å². The predicted octanol–water partition coefficient (Wildman–Crippen LogP) is 2.24. The molecule has 2 N–H and O–H groups in total. The van der Waals surface area contributed by atoms with Gasteiger partial charge in [-0.3, -0.25) is 4.79 Å². The Morgan fingerprint density at radius 1 is 1.20 bits per heavy atom. The zero-order chi connectivity index (χ0) is 11.3. The van der Waals surface area contributed by atoms with Crippen molar-refractivity contribution in [1.29, 1.82) is 0 Å². The van der Waals surface area contributed by atoms with Gasteiger partial charge in [-0.25, -0.2) is 0 Å². The first-order valence-corrected chi connectivity index (χ1v) is 6.07. The summed E-state index contributed by atoms with van der Waals surface area (Å²) in [6.07, 6.45) is 7.11. The van der Waals surface area contributed by atoms with Gasteiger partial charge < -0.3 is 10.5 Å². The zero-order valence-corrected chi connectivity index (χ0v) is 9.87. The molecule has 0 heterocycles. The summed E-state index contributed by atoms with van der Waals surface area (Å²) in [5.74, 6) is -0.315. The van der Waals surface area contributed by atoms with E-state index in [-0.39, 0.29) is 24.0 Å². The van der Waals surface area contributed by atoms with Crippen LogP contribution < -0.4 is 5.73 Å². The van der Waals surface area contributed by atoms with Crippen molar-refractivity contribution < 1.29 is 9.53 Å². The number of rotatable bonds is 3. The third kappa shape index (κ3) is 4.20. The van der Waals surface area contributed by atoms with Crippen molar-refractivity contribution in [3.05, 3.63) is 0 Å². The summed E-state index contributed by atoms with van der Waals surface area (Å²) in [7, 11) is 0. The molecule has 0 aliphatic heterocycles. The molecule has 2 atom stereocenters. The van der Waals surface area contributed by atoms with Crippen LogP contribution in [-0.2, 0) is 9.53 Å². The van der Waals surface area contributed by atoms with Crippen LogP contribution in [0.5, 0.6) is 0 Å². The Bertz CT molecular complexity index is 196. The van der Waals surface area contributed by atoms with E-state index in [1.54, 1.807) is 0 Å². The SMILES string of the molecule is CC(N)C(C)C(=O)OC1CCCCCC1. The molecule has 1 aliphatic carbocycles. The van der Waals surface area contributed by atoms with E-state index in [4.69, 9.17) is 10.5 Å². The molecular formula is C12H23NO2. The van der Waals surface area contributed by atoms with E-state index in [2.05, 4.69) is 0 Å². The molecule has 0 bridgehead atoms. The second-order valence-electron chi connectivity index (χ2n) is 4.70. The molecule has 3 nitrogen and oxygen atoms in total. The van der Waals surface area contributed by atoms with E-state index >= 15 is 0 Å². The molecule has 1 saturated carbocycles. The van der Waals surface area contributed by atoms with Gasteiger partial charge in [-0.2, -0.15) is 0 Å². The molecule has 0 spiro atoms. The van der Waals surface area contributed by atoms with Crippen LogP contribution in [-0.4, -0.2) is 18.1 Å². The molecule has 1 rings (SSSR count). The lowest BCUT2D eigenvalue weighted by Crippen LogP contribution is -2.33. The fraction of sp³-hybridized carbons (Fsp3) is 0.917. The maximum absolute atomic E-state index is 11.7. The van der Waals surface area contributed by atoms with Crippen LogP contribution in [0.4, 0.5) is 0 Å². The fourth-order valence-electron chi connectivity index (χ4n) is 1.85. The first-order chi connectivity index (χ1) is 7.11. The van der Waals surface area contributed by atoms with Gasteiger partial charge in [0, 0.05) is 6.04 Å². The van der Waals surface area contributed by atoms with E-state index in [0.717, 1.165) is 12.8 Å². The second-order valence-corrected chi connectivity index (χ2v) is 4.70. The average Bonchev–Trinajstić information content (AvgIpc) is 2.45. The number of esters is 1. The van der Waals surface area contributed by atoms with Gasteiger partial charge in [0.25, 0.3) is 0 Å². The highest BCUT2D eigenvalue weighted by Crippen LogP contribution is 2.21. The van der Waals surface area contributed by atoms with Crippen LogP contribution in [0.3, 0.4) is 0 Å². The van der Waals surface area contributed by atoms with Gasteiger partial charge >= 0.3 is 5.97 Å². The van der Waals surface area contributed by atoms with E-state index < -0.39 is 0 Å². The van der Waals surface area contributed by atoms with Gasteiger partial charge in [0.15, 0.2) is 0 Å². The van der Waals surface area contributed by atoms with Gasteiger partial charge in [-0.05, 0) is 32.6 Å². The smallest absolute Gasteiger partial charge is 0.310 e. The highest BCUT2D eigenvalue weighted by atomic mass is 16.5. The van der Waals surface area contributed by atoms with E-state index in [1.807, 2.05) is 13.8 Å². The van der Waals surface area contributed by atoms with E-state index in [1.165, 1.54) is 25.7 Å². The summed E-state index contributed by atoms with van der Waals surface area (Å²) in [6, 6.07) is -0.122. The summed E-state index contributed by atoms with van der Waals surface area (Å²) in [4.78, 5) is 11.7. The summed E-state index contributed by atoms with van der Waals surface area (Å²) >= 11 is 0. The number of nitrogens with two attached hydrogens (primary N) is 1. The van der Waals surface area contributed by atoms with Crippen LogP contribution in [0.2, 0.25) is 0 Å². The molecule has 2 unspecified atom stereocenters. The Balaban J connectivity index is 2.35. The number of carbonyl (C=O) groups excluding carboxylic acids is 1. The van der Waals surface area contributed by atoms with Gasteiger partial charge in [0.05, 0.1) is 5.92 Å². The van der Waals surface area contributed by atoms with Crippen molar-refractivity contribution in [2.45, 2.75) is 64.5 Å². The standard InChI is InChI=1S/C12H23NO2/c1-9(10(2)13)12(14)15-11-7-5-3-4-6-8-11/h9-11H,3-8,13H2,1-2H3. The van der Waals surface area contributed by atoms with E-state index in [0.29, 0.717) is 0 Å². The largest absolute Gasteiger partial charge is 0.462 e. The Hall–Kier alpha value is -0.570. The highest BCUT2D eigenvalue weighted by Gasteiger charge is 2.23. The number of ether oxygens (including phenoxy) is 1. The topological polar surface area (TPSA) is 52.3 Å². The summed E-state index contributed by atoms with van der Waals surface area (Å²) < 4.78 is 5.48. The monoisotopic (exact) mass is 213 g/mol. The molecule has 15 heavy (non-hydrogen) atoms. The predicted molar refractivity (Wildman–Crippen MR) is 60.4 cm³/mol. The van der Waals surface area contributed by atoms with Crippen LogP contribution in [0.25, 0.3) is 0 Å². The normalized spacial score (nSPS) is 22.9. The minimum atomic E-state index is -0.187. The average molecular weight is 213 g/mol. The first-order valence-electron chi connectivity index (χ1n) is 6.07. The summed E-state index contributed by atoms with van der Waals surface area (Å²) in [5.41, 5.74) is 5.67. The van der Waals surface area contributed by atoms with Gasteiger partial charge in [-0.15, -0.1) is 0 Å². The third-order valence-corrected chi connectivity index (χ3v) is 3.25. The van der Waals surface area contributed by atoms with Crippen molar-refractivity contribution in [3.8, 4) is 0 Å². The molecule has 0 aromatic carbocycles. The van der Waals surface area contributed by atoms with Gasteiger partial charge in [0.1, 0.15) is 6.10 Å². The summed E-state index contributed by atoms with van der Waals surface area (Å²) in [5, 5.41) is 0. The van der Waals surface area contributed by atoms with Crippen molar-refractivity contribution in [3.63, 3.8) is 0 Å². The quantitative estimate of drug-likeness (QED) is 0.578. The minimum absolute atomic E-state index is 0.122. The van der Waals surface area contributed by atoms with Crippen molar-refractivity contribution in [2.24, 2.45) is 11.7 Å². The fourth-order valence-corrected chi connectivity index (χ4v) is 1.85. The first kappa shape index (κ1) is 12.5. The molecule has 0 aromatic heterocycles. The molecule has 1 aliphatic rings. The van der Waals surface area contributed by atoms with Crippen LogP contribution in [0.15, 0.2) is 0 Å². The number of hydrogen-bond donors (Lipinski definition) is 1. The Labute approximate surface area is 92.4 Å². The lowest BCUT2D eigenvalue weighted by Gasteiger charge is -2.20. The number of hydrogen-bond acceptors (Lipinski definition) is 3. The maximum Gasteiger partial charge on any atom is 0.310 e. The molecule has 0 saturated heterocycles. The lowest BCUT2D eigenvalue weighted by atomic mass is 10.1. The Morgan fingerprint density at radius 2 is 1.73 bits per heavy atom. The van der Waals surface area contributed by atoms with Gasteiger partial charge in [0.2, 0.25) is 0 Å². The molecule has 1 fully saturated rings. The van der Waals surface area contributed by atoms with Crippen LogP contribution in [0, 0.1) is 5.92 Å². The molecular weight excluding hydrogens is 190 g/mol. The summed E-state index contributed by atoms with van der Waals surface area (Å²) in [6.45, 7) is 3.68. The highest BCUT2D eigenvalue weighted by molar-refractivity contribution is 5.72. The van der Waals surface area contributed by atoms with Crippen molar-refractivity contribution in [2.75, 3.05) is 0 Å². The Morgan fingerprint density at radius 3 is 2.20 bits per heavy atom. The van der Waals surface area contributed by atoms with E-state index in [9.17, 15) is 4.79 Å². The molecule has 0 amide bonds. The molecule has 3 heteroatoms. The molecule has 0 radical (unpaired) electrons. The van der Waals surface area contributed by atoms with Crippen LogP contribution >= 0.6 is 0 Å².